The normalized spacial score (nSPS) is 12.1. The van der Waals surface area contributed by atoms with Gasteiger partial charge in [0.15, 0.2) is 15.0 Å². The SMILES string of the molecule is CC(C)S(=O)(=O)c1ccc(CC(=O)N(CCCN(C)C)c2nc3c(F)cccc3s2)cc1. The molecule has 32 heavy (non-hydrogen) atoms. The van der Waals surface area contributed by atoms with E-state index in [1.165, 1.54) is 17.4 Å². The van der Waals surface area contributed by atoms with Crippen LogP contribution in [0.1, 0.15) is 25.8 Å². The fourth-order valence-corrected chi connectivity index (χ4v) is 5.31. The van der Waals surface area contributed by atoms with Gasteiger partial charge in [-0.2, -0.15) is 0 Å². The van der Waals surface area contributed by atoms with Crippen LogP contribution in [0.4, 0.5) is 9.52 Å². The van der Waals surface area contributed by atoms with Crippen LogP contribution in [-0.2, 0) is 21.1 Å². The number of nitrogens with zero attached hydrogens (tertiary/aromatic N) is 3. The van der Waals surface area contributed by atoms with Crippen molar-refractivity contribution in [3.05, 3.63) is 53.8 Å². The van der Waals surface area contributed by atoms with Gasteiger partial charge in [0.2, 0.25) is 5.91 Å². The second-order valence-corrected chi connectivity index (χ2v) is 11.7. The van der Waals surface area contributed by atoms with Gasteiger partial charge < -0.3 is 4.90 Å². The number of anilines is 1. The van der Waals surface area contributed by atoms with Gasteiger partial charge in [0, 0.05) is 6.54 Å². The molecule has 9 heteroatoms. The average Bonchev–Trinajstić information content (AvgIpc) is 3.16. The third kappa shape index (κ3) is 5.51. The molecule has 0 N–H and O–H groups in total. The number of thiazole rings is 1. The number of hydrogen-bond donors (Lipinski definition) is 0. The monoisotopic (exact) mass is 477 g/mol. The summed E-state index contributed by atoms with van der Waals surface area (Å²) >= 11 is 1.29. The highest BCUT2D eigenvalue weighted by molar-refractivity contribution is 7.92. The van der Waals surface area contributed by atoms with Crippen molar-refractivity contribution in [2.24, 2.45) is 0 Å². The van der Waals surface area contributed by atoms with E-state index in [9.17, 15) is 17.6 Å². The van der Waals surface area contributed by atoms with E-state index < -0.39 is 20.9 Å². The predicted octanol–water partition coefficient (Wildman–Crippen LogP) is 4.14. The van der Waals surface area contributed by atoms with Crippen molar-refractivity contribution >= 4 is 42.4 Å². The number of fused-ring (bicyclic) bond motifs is 1. The van der Waals surface area contributed by atoms with Crippen LogP contribution < -0.4 is 4.90 Å². The highest BCUT2D eigenvalue weighted by Gasteiger charge is 2.22. The van der Waals surface area contributed by atoms with Crippen molar-refractivity contribution in [1.82, 2.24) is 9.88 Å². The lowest BCUT2D eigenvalue weighted by Gasteiger charge is -2.21. The minimum Gasteiger partial charge on any atom is -0.309 e. The third-order valence-electron chi connectivity index (χ3n) is 5.11. The molecule has 0 unspecified atom stereocenters. The van der Waals surface area contributed by atoms with Crippen molar-refractivity contribution in [2.45, 2.75) is 36.8 Å². The lowest BCUT2D eigenvalue weighted by atomic mass is 10.1. The zero-order valence-corrected chi connectivity index (χ0v) is 20.3. The van der Waals surface area contributed by atoms with Crippen LogP contribution in [0.3, 0.4) is 0 Å². The maximum absolute atomic E-state index is 14.1. The second kappa shape index (κ2) is 10.1. The van der Waals surface area contributed by atoms with Crippen LogP contribution in [0.5, 0.6) is 0 Å². The maximum Gasteiger partial charge on any atom is 0.233 e. The molecule has 6 nitrogen and oxygen atoms in total. The molecule has 0 aliphatic carbocycles. The maximum atomic E-state index is 14.1. The van der Waals surface area contributed by atoms with Crippen molar-refractivity contribution < 1.29 is 17.6 Å². The summed E-state index contributed by atoms with van der Waals surface area (Å²) in [5.74, 6) is -0.574. The molecule has 1 amide bonds. The van der Waals surface area contributed by atoms with Crippen LogP contribution in [0.2, 0.25) is 0 Å². The van der Waals surface area contributed by atoms with Gasteiger partial charge >= 0.3 is 0 Å². The second-order valence-electron chi connectivity index (χ2n) is 8.20. The number of para-hydroxylation sites is 1. The molecule has 172 valence electrons. The van der Waals surface area contributed by atoms with Crippen LogP contribution in [0.15, 0.2) is 47.4 Å². The van der Waals surface area contributed by atoms with E-state index in [0.29, 0.717) is 21.9 Å². The van der Waals surface area contributed by atoms with Gasteiger partial charge in [-0.15, -0.1) is 0 Å². The first kappa shape index (κ1) is 24.3. The Balaban J connectivity index is 1.84. The minimum atomic E-state index is -3.36. The van der Waals surface area contributed by atoms with E-state index in [1.54, 1.807) is 55.1 Å². The number of carbonyl (C=O) groups excluding carboxylic acids is 1. The molecule has 3 rings (SSSR count). The lowest BCUT2D eigenvalue weighted by Crippen LogP contribution is -2.34. The van der Waals surface area contributed by atoms with Gasteiger partial charge in [-0.1, -0.05) is 29.5 Å². The number of sulfone groups is 1. The Morgan fingerprint density at radius 1 is 1.09 bits per heavy atom. The predicted molar refractivity (Wildman–Crippen MR) is 128 cm³/mol. The molecule has 0 bridgehead atoms. The molecule has 3 aromatic rings. The van der Waals surface area contributed by atoms with Crippen LogP contribution in [0.25, 0.3) is 10.2 Å². The number of rotatable bonds is 9. The average molecular weight is 478 g/mol. The molecule has 0 spiro atoms. The Kier molecular flexibility index (Phi) is 7.63. The topological polar surface area (TPSA) is 70.6 Å². The highest BCUT2D eigenvalue weighted by Crippen LogP contribution is 2.31. The first-order chi connectivity index (χ1) is 15.1. The van der Waals surface area contributed by atoms with E-state index in [1.807, 2.05) is 19.0 Å². The van der Waals surface area contributed by atoms with E-state index in [4.69, 9.17) is 0 Å². The molecular weight excluding hydrogens is 449 g/mol. The molecule has 2 aromatic carbocycles. The molecular formula is C23H28FN3O3S2. The zero-order chi connectivity index (χ0) is 23.5. The first-order valence-corrected chi connectivity index (χ1v) is 12.8. The van der Waals surface area contributed by atoms with E-state index >= 15 is 0 Å². The number of benzene rings is 2. The Labute approximate surface area is 192 Å². The Morgan fingerprint density at radius 2 is 1.78 bits per heavy atom. The quantitative estimate of drug-likeness (QED) is 0.463. The van der Waals surface area contributed by atoms with Crippen molar-refractivity contribution in [2.75, 3.05) is 32.1 Å². The summed E-state index contributed by atoms with van der Waals surface area (Å²) in [7, 11) is 0.564. The van der Waals surface area contributed by atoms with Crippen molar-refractivity contribution in [3.63, 3.8) is 0 Å². The smallest absolute Gasteiger partial charge is 0.233 e. The number of halogens is 1. The van der Waals surface area contributed by atoms with Crippen LogP contribution in [0, 0.1) is 5.82 Å². The minimum absolute atomic E-state index is 0.0996. The van der Waals surface area contributed by atoms with Gasteiger partial charge in [0.1, 0.15) is 11.3 Å². The Bertz CT molecular complexity index is 1190. The summed E-state index contributed by atoms with van der Waals surface area (Å²) in [6.45, 7) is 4.53. The van der Waals surface area contributed by atoms with Crippen molar-refractivity contribution in [3.8, 4) is 0 Å². The number of aromatic nitrogens is 1. The van der Waals surface area contributed by atoms with E-state index in [2.05, 4.69) is 4.98 Å². The fraction of sp³-hybridized carbons (Fsp3) is 0.391. The summed E-state index contributed by atoms with van der Waals surface area (Å²) in [4.78, 5) is 21.5. The molecule has 0 aliphatic rings. The Morgan fingerprint density at radius 3 is 2.38 bits per heavy atom. The van der Waals surface area contributed by atoms with Crippen LogP contribution in [-0.4, -0.2) is 56.6 Å². The zero-order valence-electron chi connectivity index (χ0n) is 18.7. The van der Waals surface area contributed by atoms with Gasteiger partial charge in [-0.3, -0.25) is 9.69 Å². The fourth-order valence-electron chi connectivity index (χ4n) is 3.23. The van der Waals surface area contributed by atoms with E-state index in [0.717, 1.165) is 13.0 Å². The molecule has 0 atom stereocenters. The summed E-state index contributed by atoms with van der Waals surface area (Å²) in [5, 5.41) is -0.0468. The Hall–Kier alpha value is -2.36. The first-order valence-electron chi connectivity index (χ1n) is 10.4. The van der Waals surface area contributed by atoms with Crippen LogP contribution >= 0.6 is 11.3 Å². The number of carbonyl (C=O) groups is 1. The third-order valence-corrected chi connectivity index (χ3v) is 8.32. The van der Waals surface area contributed by atoms with E-state index in [-0.39, 0.29) is 22.7 Å². The summed E-state index contributed by atoms with van der Waals surface area (Å²) in [6.07, 6.45) is 0.838. The molecule has 1 aromatic heterocycles. The lowest BCUT2D eigenvalue weighted by molar-refractivity contribution is -0.118. The number of amides is 1. The number of hydrogen-bond acceptors (Lipinski definition) is 6. The molecule has 0 aliphatic heterocycles. The molecule has 0 fully saturated rings. The highest BCUT2D eigenvalue weighted by atomic mass is 32.2. The summed E-state index contributed by atoms with van der Waals surface area (Å²) in [6, 6.07) is 11.2. The molecule has 1 heterocycles. The van der Waals surface area contributed by atoms with Gasteiger partial charge in [-0.05, 0) is 70.7 Å². The van der Waals surface area contributed by atoms with Gasteiger partial charge in [0.05, 0.1) is 21.3 Å². The molecule has 0 saturated carbocycles. The summed E-state index contributed by atoms with van der Waals surface area (Å²) < 4.78 is 39.5. The molecule has 0 radical (unpaired) electrons. The van der Waals surface area contributed by atoms with Gasteiger partial charge in [0.25, 0.3) is 0 Å². The largest absolute Gasteiger partial charge is 0.309 e. The van der Waals surface area contributed by atoms with Gasteiger partial charge in [-0.25, -0.2) is 17.8 Å². The summed E-state index contributed by atoms with van der Waals surface area (Å²) in [5.41, 5.74) is 0.976. The standard InChI is InChI=1S/C23H28FN3O3S2/c1-16(2)32(29,30)18-11-9-17(10-12-18)15-21(28)27(14-6-13-26(3)4)23-25-22-19(24)7-5-8-20(22)31-23/h5,7-12,16H,6,13-15H2,1-4H3. The van der Waals surface area contributed by atoms with Crippen molar-refractivity contribution in [1.29, 1.82) is 0 Å². The molecule has 0 saturated heterocycles.